The number of nitrogens with one attached hydrogen (secondary N) is 1. The van der Waals surface area contributed by atoms with E-state index < -0.39 is 0 Å². The molecule has 4 heteroatoms. The van der Waals surface area contributed by atoms with Gasteiger partial charge in [-0.05, 0) is 55.3 Å². The zero-order valence-corrected chi connectivity index (χ0v) is 13.0. The minimum absolute atomic E-state index is 0.749. The highest BCUT2D eigenvalue weighted by Crippen LogP contribution is 2.19. The highest BCUT2D eigenvalue weighted by Gasteiger charge is 2.04. The number of anilines is 1. The lowest BCUT2D eigenvalue weighted by Gasteiger charge is -2.09. The third-order valence-corrected chi connectivity index (χ3v) is 3.98. The number of aromatic nitrogens is 2. The van der Waals surface area contributed by atoms with Gasteiger partial charge in [-0.15, -0.1) is 0 Å². The van der Waals surface area contributed by atoms with Crippen LogP contribution >= 0.6 is 11.6 Å². The number of aryl methyl sites for hydroxylation is 2. The highest BCUT2D eigenvalue weighted by atomic mass is 35.5. The smallest absolute Gasteiger partial charge is 0.0958 e. The van der Waals surface area contributed by atoms with Crippen LogP contribution in [0, 0.1) is 13.8 Å². The van der Waals surface area contributed by atoms with Crippen LogP contribution in [0.5, 0.6) is 0 Å². The molecule has 3 rings (SSSR count). The van der Waals surface area contributed by atoms with Crippen LogP contribution in [0.4, 0.5) is 5.69 Å². The summed E-state index contributed by atoms with van der Waals surface area (Å²) in [5.74, 6) is 0. The quantitative estimate of drug-likeness (QED) is 0.773. The van der Waals surface area contributed by atoms with E-state index in [1.165, 1.54) is 16.6 Å². The van der Waals surface area contributed by atoms with Crippen molar-refractivity contribution in [3.05, 3.63) is 58.9 Å². The highest BCUT2D eigenvalue weighted by molar-refractivity contribution is 6.30. The van der Waals surface area contributed by atoms with Gasteiger partial charge in [-0.25, -0.2) is 4.98 Å². The average Bonchev–Trinajstić information content (AvgIpc) is 2.82. The summed E-state index contributed by atoms with van der Waals surface area (Å²) in [7, 11) is 0. The Morgan fingerprint density at radius 3 is 2.76 bits per heavy atom. The lowest BCUT2D eigenvalue weighted by Crippen LogP contribution is -2.09. The average molecular weight is 300 g/mol. The minimum atomic E-state index is 0.749. The van der Waals surface area contributed by atoms with Crippen LogP contribution in [0.2, 0.25) is 5.02 Å². The maximum Gasteiger partial charge on any atom is 0.0958 e. The van der Waals surface area contributed by atoms with Crippen molar-refractivity contribution in [2.24, 2.45) is 0 Å². The van der Waals surface area contributed by atoms with Crippen molar-refractivity contribution in [1.29, 1.82) is 0 Å². The first-order valence-corrected chi connectivity index (χ1v) is 7.43. The van der Waals surface area contributed by atoms with Gasteiger partial charge in [0.1, 0.15) is 0 Å². The van der Waals surface area contributed by atoms with E-state index >= 15 is 0 Å². The van der Waals surface area contributed by atoms with Crippen LogP contribution in [0.3, 0.4) is 0 Å². The first-order chi connectivity index (χ1) is 10.1. The van der Waals surface area contributed by atoms with Crippen molar-refractivity contribution < 1.29 is 0 Å². The molecule has 0 aliphatic carbocycles. The number of halogens is 1. The second kappa shape index (κ2) is 5.78. The fourth-order valence-corrected chi connectivity index (χ4v) is 2.60. The molecular weight excluding hydrogens is 282 g/mol. The number of fused-ring (bicyclic) bond motifs is 1. The van der Waals surface area contributed by atoms with Gasteiger partial charge in [0, 0.05) is 23.8 Å². The van der Waals surface area contributed by atoms with Gasteiger partial charge in [-0.3, -0.25) is 0 Å². The first-order valence-electron chi connectivity index (χ1n) is 7.05. The van der Waals surface area contributed by atoms with Crippen LogP contribution in [-0.4, -0.2) is 16.1 Å². The summed E-state index contributed by atoms with van der Waals surface area (Å²) in [6, 6.07) is 12.1. The van der Waals surface area contributed by atoms with E-state index in [1.807, 2.05) is 30.6 Å². The molecule has 0 saturated carbocycles. The molecular formula is C17H18ClN3. The summed E-state index contributed by atoms with van der Waals surface area (Å²) in [6.07, 6.45) is 1.91. The molecule has 0 aliphatic heterocycles. The Morgan fingerprint density at radius 1 is 1.14 bits per heavy atom. The minimum Gasteiger partial charge on any atom is -0.383 e. The van der Waals surface area contributed by atoms with Crippen molar-refractivity contribution in [3.8, 4) is 0 Å². The molecule has 1 N–H and O–H groups in total. The lowest BCUT2D eigenvalue weighted by molar-refractivity contribution is 0.749. The van der Waals surface area contributed by atoms with E-state index in [2.05, 4.69) is 40.8 Å². The zero-order chi connectivity index (χ0) is 14.8. The Kier molecular flexibility index (Phi) is 3.84. The molecule has 0 saturated heterocycles. The largest absolute Gasteiger partial charge is 0.383 e. The SMILES string of the molecule is Cc1cc2ncn(CCNc3cccc(Cl)c3)c2cc1C. The fourth-order valence-electron chi connectivity index (χ4n) is 2.41. The van der Waals surface area contributed by atoms with Crippen molar-refractivity contribution >= 4 is 28.3 Å². The predicted octanol–water partition coefficient (Wildman–Crippen LogP) is 4.42. The van der Waals surface area contributed by atoms with E-state index in [4.69, 9.17) is 11.6 Å². The topological polar surface area (TPSA) is 29.9 Å². The van der Waals surface area contributed by atoms with Gasteiger partial charge < -0.3 is 9.88 Å². The van der Waals surface area contributed by atoms with Gasteiger partial charge in [-0.2, -0.15) is 0 Å². The molecule has 2 aromatic carbocycles. The first kappa shape index (κ1) is 14.0. The molecule has 0 unspecified atom stereocenters. The third kappa shape index (κ3) is 3.03. The molecule has 0 radical (unpaired) electrons. The van der Waals surface area contributed by atoms with Crippen LogP contribution in [0.15, 0.2) is 42.7 Å². The summed E-state index contributed by atoms with van der Waals surface area (Å²) < 4.78 is 2.18. The molecule has 108 valence electrons. The Balaban J connectivity index is 1.72. The van der Waals surface area contributed by atoms with Crippen molar-refractivity contribution in [1.82, 2.24) is 9.55 Å². The van der Waals surface area contributed by atoms with Gasteiger partial charge in [0.15, 0.2) is 0 Å². The van der Waals surface area contributed by atoms with Crippen LogP contribution in [-0.2, 0) is 6.54 Å². The summed E-state index contributed by atoms with van der Waals surface area (Å²) in [4.78, 5) is 4.47. The summed E-state index contributed by atoms with van der Waals surface area (Å²) in [6.45, 7) is 5.95. The van der Waals surface area contributed by atoms with Gasteiger partial charge in [-0.1, -0.05) is 17.7 Å². The number of hydrogen-bond donors (Lipinski definition) is 1. The third-order valence-electron chi connectivity index (χ3n) is 3.74. The second-order valence-electron chi connectivity index (χ2n) is 5.30. The maximum absolute atomic E-state index is 5.98. The van der Waals surface area contributed by atoms with Gasteiger partial charge >= 0.3 is 0 Å². The van der Waals surface area contributed by atoms with E-state index in [0.717, 1.165) is 29.3 Å². The van der Waals surface area contributed by atoms with E-state index in [1.54, 1.807) is 0 Å². The molecule has 21 heavy (non-hydrogen) atoms. The molecule has 0 aliphatic rings. The maximum atomic E-state index is 5.98. The lowest BCUT2D eigenvalue weighted by atomic mass is 10.1. The Hall–Kier alpha value is -2.00. The Morgan fingerprint density at radius 2 is 1.95 bits per heavy atom. The van der Waals surface area contributed by atoms with Crippen molar-refractivity contribution in [2.45, 2.75) is 20.4 Å². The number of hydrogen-bond acceptors (Lipinski definition) is 2. The molecule has 1 aromatic heterocycles. The van der Waals surface area contributed by atoms with E-state index in [9.17, 15) is 0 Å². The monoisotopic (exact) mass is 299 g/mol. The van der Waals surface area contributed by atoms with Crippen molar-refractivity contribution in [2.75, 3.05) is 11.9 Å². The molecule has 1 heterocycles. The number of rotatable bonds is 4. The van der Waals surface area contributed by atoms with E-state index in [0.29, 0.717) is 0 Å². The van der Waals surface area contributed by atoms with E-state index in [-0.39, 0.29) is 0 Å². The van der Waals surface area contributed by atoms with Gasteiger partial charge in [0.05, 0.1) is 17.4 Å². The number of benzene rings is 2. The molecule has 0 bridgehead atoms. The molecule has 0 fully saturated rings. The second-order valence-corrected chi connectivity index (χ2v) is 5.74. The summed E-state index contributed by atoms with van der Waals surface area (Å²) in [5.41, 5.74) is 5.86. The normalized spacial score (nSPS) is 11.0. The van der Waals surface area contributed by atoms with Crippen LogP contribution in [0.1, 0.15) is 11.1 Å². The molecule has 3 nitrogen and oxygen atoms in total. The van der Waals surface area contributed by atoms with Crippen LogP contribution in [0.25, 0.3) is 11.0 Å². The number of nitrogens with zero attached hydrogens (tertiary/aromatic N) is 2. The van der Waals surface area contributed by atoms with Gasteiger partial charge in [0.25, 0.3) is 0 Å². The van der Waals surface area contributed by atoms with Crippen molar-refractivity contribution in [3.63, 3.8) is 0 Å². The summed E-state index contributed by atoms with van der Waals surface area (Å²) in [5, 5.41) is 4.13. The standard InChI is InChI=1S/C17H18ClN3/c1-12-8-16-17(9-13(12)2)21(11-20-16)7-6-19-15-5-3-4-14(18)10-15/h3-5,8-11,19H,6-7H2,1-2H3. The number of imidazole rings is 1. The predicted molar refractivity (Wildman–Crippen MR) is 89.1 cm³/mol. The van der Waals surface area contributed by atoms with Crippen LogP contribution < -0.4 is 5.32 Å². The molecule has 3 aromatic rings. The zero-order valence-electron chi connectivity index (χ0n) is 12.2. The fraction of sp³-hybridized carbons (Fsp3) is 0.235. The molecule has 0 atom stereocenters. The molecule has 0 amide bonds. The van der Waals surface area contributed by atoms with Gasteiger partial charge in [0.2, 0.25) is 0 Å². The summed E-state index contributed by atoms with van der Waals surface area (Å²) >= 11 is 5.98. The Labute approximate surface area is 129 Å². The molecule has 0 spiro atoms. The Bertz CT molecular complexity index is 777.